The molecule has 3 heterocycles. The van der Waals surface area contributed by atoms with Gasteiger partial charge in [0.2, 0.25) is 10.0 Å². The van der Waals surface area contributed by atoms with Crippen LogP contribution >= 0.6 is 0 Å². The number of sulfonamides is 1. The Bertz CT molecular complexity index is 1460. The molecule has 11 heteroatoms. The molecule has 2 aliphatic heterocycles. The Kier molecular flexibility index (Phi) is 7.13. The highest BCUT2D eigenvalue weighted by Gasteiger charge is 2.45. The number of aromatic nitrogens is 2. The fourth-order valence-corrected chi connectivity index (χ4v) is 6.48. The summed E-state index contributed by atoms with van der Waals surface area (Å²) in [6.07, 6.45) is 7.22. The lowest BCUT2D eigenvalue weighted by Crippen LogP contribution is -2.31. The molecule has 0 bridgehead atoms. The van der Waals surface area contributed by atoms with Crippen LogP contribution in [0.2, 0.25) is 0 Å². The van der Waals surface area contributed by atoms with Gasteiger partial charge >= 0.3 is 0 Å². The summed E-state index contributed by atoms with van der Waals surface area (Å²) in [5.74, 6) is -2.51. The summed E-state index contributed by atoms with van der Waals surface area (Å²) in [4.78, 5) is 31.7. The fourth-order valence-electron chi connectivity index (χ4n) is 4.96. The minimum absolute atomic E-state index is 0.0889. The first-order chi connectivity index (χ1) is 18.3. The van der Waals surface area contributed by atoms with Crippen molar-refractivity contribution in [3.8, 4) is 0 Å². The van der Waals surface area contributed by atoms with Gasteiger partial charge in [0.25, 0.3) is 11.7 Å². The third-order valence-corrected chi connectivity index (χ3v) is 8.84. The maximum absolute atomic E-state index is 13.7. The molecule has 198 valence electrons. The molecule has 3 aromatic rings. The Balaban J connectivity index is 1.48. The van der Waals surface area contributed by atoms with Crippen molar-refractivity contribution >= 4 is 27.5 Å². The molecule has 0 saturated carbocycles. The second-order valence-corrected chi connectivity index (χ2v) is 11.3. The molecule has 9 nitrogen and oxygen atoms in total. The molecule has 1 atom stereocenters. The van der Waals surface area contributed by atoms with Crippen molar-refractivity contribution in [2.24, 2.45) is 0 Å². The van der Waals surface area contributed by atoms with Gasteiger partial charge in [-0.1, -0.05) is 12.1 Å². The van der Waals surface area contributed by atoms with Crippen LogP contribution < -0.4 is 0 Å². The van der Waals surface area contributed by atoms with Crippen molar-refractivity contribution in [2.75, 3.05) is 19.6 Å². The van der Waals surface area contributed by atoms with Crippen molar-refractivity contribution in [3.05, 3.63) is 89.8 Å². The summed E-state index contributed by atoms with van der Waals surface area (Å²) < 4.78 is 42.7. The van der Waals surface area contributed by atoms with E-state index in [-0.39, 0.29) is 22.6 Å². The summed E-state index contributed by atoms with van der Waals surface area (Å²) in [6, 6.07) is 10.1. The van der Waals surface area contributed by atoms with E-state index in [0.29, 0.717) is 31.6 Å². The number of benzene rings is 2. The van der Waals surface area contributed by atoms with Crippen molar-refractivity contribution in [3.63, 3.8) is 0 Å². The molecule has 2 saturated heterocycles. The molecule has 0 unspecified atom stereocenters. The van der Waals surface area contributed by atoms with Gasteiger partial charge in [-0.25, -0.2) is 17.8 Å². The highest BCUT2D eigenvalue weighted by atomic mass is 32.2. The number of amides is 1. The van der Waals surface area contributed by atoms with E-state index in [1.807, 2.05) is 4.57 Å². The van der Waals surface area contributed by atoms with Crippen LogP contribution in [0.5, 0.6) is 0 Å². The maximum atomic E-state index is 13.7. The number of aliphatic hydroxyl groups excluding tert-OH is 1. The SMILES string of the molecule is O=C1C(=O)N(CCCn2ccnc2)[C@H](c2ccc(F)cc2)C1=C(O)c1ccc(S(=O)(=O)N2CCCC2)cc1. The van der Waals surface area contributed by atoms with Gasteiger partial charge in [-0.05, 0) is 61.2 Å². The zero-order chi connectivity index (χ0) is 26.9. The van der Waals surface area contributed by atoms with E-state index in [1.165, 1.54) is 57.7 Å². The molecule has 1 N–H and O–H groups in total. The zero-order valence-electron chi connectivity index (χ0n) is 20.5. The molecule has 5 rings (SSSR count). The number of nitrogens with zero attached hydrogens (tertiary/aromatic N) is 4. The number of hydrogen-bond donors (Lipinski definition) is 1. The number of aliphatic hydroxyl groups is 1. The van der Waals surface area contributed by atoms with Crippen LogP contribution in [0, 0.1) is 5.82 Å². The highest BCUT2D eigenvalue weighted by Crippen LogP contribution is 2.39. The van der Waals surface area contributed by atoms with E-state index in [4.69, 9.17) is 0 Å². The van der Waals surface area contributed by atoms with E-state index in [1.54, 1.807) is 18.7 Å². The first kappa shape index (κ1) is 25.8. The lowest BCUT2D eigenvalue weighted by molar-refractivity contribution is -0.139. The molecule has 2 aliphatic rings. The van der Waals surface area contributed by atoms with Crippen LogP contribution in [0.1, 0.15) is 36.4 Å². The number of hydrogen-bond acceptors (Lipinski definition) is 6. The van der Waals surface area contributed by atoms with Gasteiger partial charge in [-0.2, -0.15) is 4.31 Å². The van der Waals surface area contributed by atoms with E-state index in [9.17, 15) is 27.5 Å². The lowest BCUT2D eigenvalue weighted by Gasteiger charge is -2.25. The molecule has 1 aromatic heterocycles. The number of aryl methyl sites for hydroxylation is 1. The van der Waals surface area contributed by atoms with Crippen molar-refractivity contribution in [1.29, 1.82) is 0 Å². The quantitative estimate of drug-likeness (QED) is 0.268. The second-order valence-electron chi connectivity index (χ2n) is 9.33. The summed E-state index contributed by atoms with van der Waals surface area (Å²) in [6.45, 7) is 1.71. The Hall–Kier alpha value is -3.83. The number of imidazole rings is 1. The maximum Gasteiger partial charge on any atom is 0.295 e. The van der Waals surface area contributed by atoms with Crippen LogP contribution in [0.3, 0.4) is 0 Å². The topological polar surface area (TPSA) is 113 Å². The number of Topliss-reactive ketones (excluding diaryl/α,β-unsaturated/α-hetero) is 1. The Morgan fingerprint density at radius 2 is 1.68 bits per heavy atom. The standard InChI is InChI=1S/C27H27FN4O5S/c28-21-8-4-19(5-9-21)24-23(26(34)27(35)32(24)16-3-13-30-17-12-29-18-30)25(33)20-6-10-22(11-7-20)38(36,37)31-14-1-2-15-31/h4-12,17-18,24,33H,1-3,13-16H2/t24-/m1/s1. The number of rotatable bonds is 8. The summed E-state index contributed by atoms with van der Waals surface area (Å²) in [7, 11) is -3.65. The molecule has 0 spiro atoms. The normalized spacial score (nSPS) is 19.9. The molecular formula is C27H27FN4O5S. The van der Waals surface area contributed by atoms with E-state index >= 15 is 0 Å². The summed E-state index contributed by atoms with van der Waals surface area (Å²) in [5, 5.41) is 11.2. The molecule has 0 radical (unpaired) electrons. The molecule has 38 heavy (non-hydrogen) atoms. The van der Waals surface area contributed by atoms with Crippen LogP contribution in [0.15, 0.2) is 77.7 Å². The molecule has 2 fully saturated rings. The minimum atomic E-state index is -3.65. The Morgan fingerprint density at radius 3 is 2.32 bits per heavy atom. The van der Waals surface area contributed by atoms with Gasteiger partial charge in [0, 0.05) is 44.1 Å². The Morgan fingerprint density at radius 1 is 1.00 bits per heavy atom. The largest absolute Gasteiger partial charge is 0.507 e. The van der Waals surface area contributed by atoms with Crippen LogP contribution in [0.4, 0.5) is 4.39 Å². The highest BCUT2D eigenvalue weighted by molar-refractivity contribution is 7.89. The molecular weight excluding hydrogens is 511 g/mol. The molecule has 0 aliphatic carbocycles. The third-order valence-electron chi connectivity index (χ3n) is 6.93. The van der Waals surface area contributed by atoms with Crippen molar-refractivity contribution in [2.45, 2.75) is 36.7 Å². The van der Waals surface area contributed by atoms with Crippen LogP contribution in [0.25, 0.3) is 5.76 Å². The van der Waals surface area contributed by atoms with Crippen LogP contribution in [-0.2, 0) is 26.2 Å². The third kappa shape index (κ3) is 4.86. The number of ketones is 1. The first-order valence-corrected chi connectivity index (χ1v) is 13.8. The minimum Gasteiger partial charge on any atom is -0.507 e. The van der Waals surface area contributed by atoms with E-state index in [2.05, 4.69) is 4.98 Å². The van der Waals surface area contributed by atoms with Crippen LogP contribution in [-0.4, -0.2) is 63.6 Å². The van der Waals surface area contributed by atoms with E-state index < -0.39 is 39.3 Å². The number of carbonyl (C=O) groups excluding carboxylic acids is 2. The Labute approximate surface area is 219 Å². The lowest BCUT2D eigenvalue weighted by atomic mass is 9.95. The summed E-state index contributed by atoms with van der Waals surface area (Å²) in [5.41, 5.74) is 0.552. The van der Waals surface area contributed by atoms with Gasteiger partial charge in [-0.15, -0.1) is 0 Å². The van der Waals surface area contributed by atoms with E-state index in [0.717, 1.165) is 12.8 Å². The number of carbonyl (C=O) groups is 2. The number of likely N-dealkylation sites (tertiary alicyclic amines) is 1. The summed E-state index contributed by atoms with van der Waals surface area (Å²) >= 11 is 0. The smallest absolute Gasteiger partial charge is 0.295 e. The van der Waals surface area contributed by atoms with Crippen molar-refractivity contribution < 1.29 is 27.5 Å². The van der Waals surface area contributed by atoms with Gasteiger partial charge in [0.05, 0.1) is 22.8 Å². The zero-order valence-corrected chi connectivity index (χ0v) is 21.3. The van der Waals surface area contributed by atoms with Gasteiger partial charge in [0.15, 0.2) is 0 Å². The first-order valence-electron chi connectivity index (χ1n) is 12.4. The average Bonchev–Trinajstić information content (AvgIpc) is 3.68. The average molecular weight is 539 g/mol. The number of halogens is 1. The van der Waals surface area contributed by atoms with Gasteiger partial charge < -0.3 is 14.6 Å². The van der Waals surface area contributed by atoms with Gasteiger partial charge in [-0.3, -0.25) is 9.59 Å². The predicted octanol–water partition coefficient (Wildman–Crippen LogP) is 3.32. The fraction of sp³-hybridized carbons (Fsp3) is 0.296. The molecule has 2 aromatic carbocycles. The monoisotopic (exact) mass is 538 g/mol. The van der Waals surface area contributed by atoms with Crippen molar-refractivity contribution in [1.82, 2.24) is 18.8 Å². The second kappa shape index (κ2) is 10.5. The molecule has 1 amide bonds. The van der Waals surface area contributed by atoms with Gasteiger partial charge in [0.1, 0.15) is 11.6 Å². The predicted molar refractivity (Wildman–Crippen MR) is 137 cm³/mol.